The van der Waals surface area contributed by atoms with E-state index in [1.165, 1.54) is 24.3 Å². The molecule has 5 aromatic rings. The van der Waals surface area contributed by atoms with Crippen molar-refractivity contribution in [2.24, 2.45) is 5.92 Å². The average Bonchev–Trinajstić information content (AvgIpc) is 3.66. The summed E-state index contributed by atoms with van der Waals surface area (Å²) < 4.78 is 60.0. The number of benzene rings is 3. The molecule has 2 unspecified atom stereocenters. The Morgan fingerprint density at radius 2 is 1.84 bits per heavy atom. The molecule has 0 bridgehead atoms. The van der Waals surface area contributed by atoms with E-state index in [4.69, 9.17) is 26.1 Å². The lowest BCUT2D eigenvalue weighted by molar-refractivity contribution is -0.140. The minimum atomic E-state index is -1.03. The third-order valence-electron chi connectivity index (χ3n) is 9.22. The molecule has 2 aromatic heterocycles. The van der Waals surface area contributed by atoms with Gasteiger partial charge in [0.15, 0.2) is 17.4 Å². The van der Waals surface area contributed by atoms with Gasteiger partial charge >= 0.3 is 5.97 Å². The van der Waals surface area contributed by atoms with Crippen LogP contribution in [0.25, 0.3) is 11.0 Å². The highest BCUT2D eigenvalue weighted by Crippen LogP contribution is 2.34. The predicted molar refractivity (Wildman–Crippen MR) is 179 cm³/mol. The summed E-state index contributed by atoms with van der Waals surface area (Å²) in [4.78, 5) is 22.9. The van der Waals surface area contributed by atoms with Crippen LogP contribution in [0.3, 0.4) is 0 Å². The fraction of sp³-hybridized carbons (Fsp3) is 0.324. The van der Waals surface area contributed by atoms with Crippen molar-refractivity contribution in [2.75, 3.05) is 13.1 Å². The molecule has 3 aromatic carbocycles. The number of carbonyl (C=O) groups is 1. The first kappa shape index (κ1) is 33.5. The molecule has 1 aliphatic carbocycles. The van der Waals surface area contributed by atoms with Gasteiger partial charge in [-0.05, 0) is 73.9 Å². The van der Waals surface area contributed by atoms with E-state index < -0.39 is 35.3 Å². The maximum atomic E-state index is 15.6. The fourth-order valence-corrected chi connectivity index (χ4v) is 6.60. The highest BCUT2D eigenvalue weighted by atomic mass is 35.5. The van der Waals surface area contributed by atoms with Gasteiger partial charge in [0.1, 0.15) is 41.5 Å². The van der Waals surface area contributed by atoms with Crippen molar-refractivity contribution in [3.8, 4) is 23.3 Å². The number of hydrogen-bond donors (Lipinski definition) is 1. The van der Waals surface area contributed by atoms with Crippen LogP contribution in [0.1, 0.15) is 48.3 Å². The number of hydrogen-bond acceptors (Lipinski definition) is 6. The number of carboxylic acids is 1. The van der Waals surface area contributed by atoms with Crippen molar-refractivity contribution in [3.63, 3.8) is 0 Å². The van der Waals surface area contributed by atoms with Gasteiger partial charge in [0.2, 0.25) is 0 Å². The van der Waals surface area contributed by atoms with Crippen molar-refractivity contribution in [1.29, 1.82) is 0 Å². The summed E-state index contributed by atoms with van der Waals surface area (Å²) in [6, 6.07) is 11.6. The van der Waals surface area contributed by atoms with Gasteiger partial charge in [0.25, 0.3) is 0 Å². The van der Waals surface area contributed by atoms with E-state index in [0.29, 0.717) is 68.2 Å². The molecule has 0 spiro atoms. The van der Waals surface area contributed by atoms with E-state index in [1.54, 1.807) is 24.7 Å². The molecule has 0 saturated carbocycles. The second-order valence-corrected chi connectivity index (χ2v) is 12.9. The van der Waals surface area contributed by atoms with Crippen molar-refractivity contribution < 1.29 is 32.5 Å². The minimum Gasteiger partial charge on any atom is -0.490 e. The summed E-state index contributed by atoms with van der Waals surface area (Å²) in [5.74, 6) is 2.55. The van der Waals surface area contributed by atoms with Gasteiger partial charge in [0, 0.05) is 36.4 Å². The number of piperidine rings is 1. The SMILES string of the molecule is CCn1cncc1Cn1c(CN2CCC(Oc3ccc(F)c(COc4ccc(Cl)cc4F)c3)CC2)nc2c(F)cc(C3C#CC3C(=O)O)cc21. The quantitative estimate of drug-likeness (QED) is 0.143. The molecule has 9 nitrogen and oxygen atoms in total. The Labute approximate surface area is 291 Å². The lowest BCUT2D eigenvalue weighted by Crippen LogP contribution is -2.38. The molecule has 2 atom stereocenters. The third kappa shape index (κ3) is 6.88. The molecular weight excluding hydrogens is 671 g/mol. The number of nitrogens with zero attached hydrogens (tertiary/aromatic N) is 5. The van der Waals surface area contributed by atoms with Crippen LogP contribution in [0, 0.1) is 35.2 Å². The van der Waals surface area contributed by atoms with Crippen LogP contribution in [0.2, 0.25) is 5.02 Å². The minimum absolute atomic E-state index is 0.0281. The molecule has 1 fully saturated rings. The van der Waals surface area contributed by atoms with Crippen LogP contribution in [0.15, 0.2) is 61.1 Å². The van der Waals surface area contributed by atoms with Gasteiger partial charge in [-0.15, -0.1) is 0 Å². The summed E-state index contributed by atoms with van der Waals surface area (Å²) in [7, 11) is 0. The zero-order valence-electron chi connectivity index (χ0n) is 27.1. The third-order valence-corrected chi connectivity index (χ3v) is 9.45. The van der Waals surface area contributed by atoms with E-state index in [-0.39, 0.29) is 34.6 Å². The average molecular weight is 704 g/mol. The Kier molecular flexibility index (Phi) is 9.44. The van der Waals surface area contributed by atoms with E-state index in [2.05, 4.69) is 21.7 Å². The summed E-state index contributed by atoms with van der Waals surface area (Å²) >= 11 is 5.81. The highest BCUT2D eigenvalue weighted by molar-refractivity contribution is 6.30. The molecule has 258 valence electrons. The van der Waals surface area contributed by atoms with Gasteiger partial charge in [0.05, 0.1) is 36.5 Å². The summed E-state index contributed by atoms with van der Waals surface area (Å²) in [5.41, 5.74) is 2.47. The first-order chi connectivity index (χ1) is 24.2. The lowest BCUT2D eigenvalue weighted by atomic mass is 9.80. The predicted octanol–water partition coefficient (Wildman–Crippen LogP) is 6.80. The van der Waals surface area contributed by atoms with Gasteiger partial charge in [-0.25, -0.2) is 23.1 Å². The standard InChI is InChI=1S/C37H33ClF3N5O4/c1-2-45-21-42-17-25(45)18-46-33-15-22(28-5-6-29(28)37(47)48)14-32(41)36(33)43-35(46)19-44-11-9-26(10-12-44)50-27-4-7-30(39)23(13-27)20-49-34-8-3-24(38)16-31(34)40/h3-4,7-8,13-17,21,26,28-29H,2,9-12,18-20H2,1H3,(H,47,48). The highest BCUT2D eigenvalue weighted by Gasteiger charge is 2.33. The molecule has 7 rings (SSSR count). The number of ether oxygens (including phenoxy) is 2. The van der Waals surface area contributed by atoms with Crippen LogP contribution in [0.5, 0.6) is 11.5 Å². The maximum absolute atomic E-state index is 15.6. The molecular formula is C37H33ClF3N5O4. The molecule has 0 radical (unpaired) electrons. The lowest BCUT2D eigenvalue weighted by Gasteiger charge is -2.32. The Balaban J connectivity index is 1.05. The molecule has 13 heteroatoms. The number of imidazole rings is 2. The van der Waals surface area contributed by atoms with Crippen LogP contribution >= 0.6 is 11.6 Å². The van der Waals surface area contributed by atoms with E-state index in [0.717, 1.165) is 11.8 Å². The number of carboxylic acid groups (broad SMARTS) is 1. The van der Waals surface area contributed by atoms with Gasteiger partial charge in [-0.1, -0.05) is 23.4 Å². The molecule has 1 saturated heterocycles. The molecule has 1 aliphatic heterocycles. The van der Waals surface area contributed by atoms with Crippen molar-refractivity contribution >= 4 is 28.6 Å². The van der Waals surface area contributed by atoms with Crippen molar-refractivity contribution in [2.45, 2.75) is 58.0 Å². The molecule has 1 N–H and O–H groups in total. The largest absolute Gasteiger partial charge is 0.490 e. The second kappa shape index (κ2) is 14.1. The smallest absolute Gasteiger partial charge is 0.320 e. The zero-order valence-corrected chi connectivity index (χ0v) is 27.8. The first-order valence-corrected chi connectivity index (χ1v) is 16.7. The first-order valence-electron chi connectivity index (χ1n) is 16.3. The second-order valence-electron chi connectivity index (χ2n) is 12.4. The van der Waals surface area contributed by atoms with Crippen LogP contribution in [0.4, 0.5) is 13.2 Å². The monoisotopic (exact) mass is 703 g/mol. The van der Waals surface area contributed by atoms with Gasteiger partial charge in [-0.2, -0.15) is 0 Å². The number of aryl methyl sites for hydroxylation is 1. The van der Waals surface area contributed by atoms with Gasteiger partial charge in [-0.3, -0.25) is 9.69 Å². The van der Waals surface area contributed by atoms with E-state index >= 15 is 4.39 Å². The number of halogens is 4. The number of likely N-dealkylation sites (tertiary alicyclic amines) is 1. The Morgan fingerprint density at radius 3 is 2.56 bits per heavy atom. The van der Waals surface area contributed by atoms with Gasteiger partial charge < -0.3 is 23.7 Å². The van der Waals surface area contributed by atoms with Crippen molar-refractivity contribution in [3.05, 3.63) is 106 Å². The normalized spacial score (nSPS) is 17.7. The fourth-order valence-electron chi connectivity index (χ4n) is 6.44. The van der Waals surface area contributed by atoms with Crippen LogP contribution in [-0.4, -0.2) is 54.3 Å². The maximum Gasteiger partial charge on any atom is 0.320 e. The number of fused-ring (bicyclic) bond motifs is 1. The van der Waals surface area contributed by atoms with Crippen LogP contribution in [-0.2, 0) is 31.0 Å². The molecule has 3 heterocycles. The van der Waals surface area contributed by atoms with Crippen LogP contribution < -0.4 is 9.47 Å². The van der Waals surface area contributed by atoms with Crippen molar-refractivity contribution in [1.82, 2.24) is 24.0 Å². The molecule has 2 aliphatic rings. The Morgan fingerprint density at radius 1 is 1.02 bits per heavy atom. The topological polar surface area (TPSA) is 94.6 Å². The molecule has 0 amide bonds. The Hall–Kier alpha value is -4.99. The Bertz CT molecular complexity index is 2130. The number of rotatable bonds is 12. The number of aliphatic carboxylic acids is 1. The number of aromatic nitrogens is 4. The molecule has 50 heavy (non-hydrogen) atoms. The summed E-state index contributed by atoms with van der Waals surface area (Å²) in [6.45, 7) is 4.77. The summed E-state index contributed by atoms with van der Waals surface area (Å²) in [6.07, 6.45) is 4.79. The zero-order chi connectivity index (χ0) is 34.9. The van der Waals surface area contributed by atoms with E-state index in [9.17, 15) is 18.7 Å². The van der Waals surface area contributed by atoms with E-state index in [1.807, 2.05) is 22.1 Å². The summed E-state index contributed by atoms with van der Waals surface area (Å²) in [5, 5.41) is 9.78.